The molecule has 42 heavy (non-hydrogen) atoms. The lowest BCUT2D eigenvalue weighted by Crippen LogP contribution is -2.55. The van der Waals surface area contributed by atoms with Gasteiger partial charge in [-0.15, -0.1) is 0 Å². The van der Waals surface area contributed by atoms with E-state index < -0.39 is 5.60 Å². The number of ether oxygens (including phenoxy) is 1. The quantitative estimate of drug-likeness (QED) is 0.309. The molecule has 216 valence electrons. The maximum Gasteiger partial charge on any atom is 0.410 e. The summed E-state index contributed by atoms with van der Waals surface area (Å²) in [5, 5.41) is 7.63. The van der Waals surface area contributed by atoms with Crippen LogP contribution in [0.2, 0.25) is 0 Å². The first-order chi connectivity index (χ1) is 20.1. The summed E-state index contributed by atoms with van der Waals surface area (Å²) in [5.41, 5.74) is 6.28. The van der Waals surface area contributed by atoms with Gasteiger partial charge in [-0.3, -0.25) is 0 Å². The van der Waals surface area contributed by atoms with E-state index in [2.05, 4.69) is 67.5 Å². The Balaban J connectivity index is 1.18. The molecule has 1 saturated heterocycles. The van der Waals surface area contributed by atoms with Crippen LogP contribution in [0.3, 0.4) is 0 Å². The average molecular weight is 566 g/mol. The first kappa shape index (κ1) is 27.4. The lowest BCUT2D eigenvalue weighted by Gasteiger charge is -2.40. The van der Waals surface area contributed by atoms with Crippen LogP contribution in [0.25, 0.3) is 16.7 Å². The van der Waals surface area contributed by atoms with E-state index in [-0.39, 0.29) is 12.1 Å². The van der Waals surface area contributed by atoms with E-state index in [1.165, 1.54) is 16.7 Å². The van der Waals surface area contributed by atoms with Crippen LogP contribution < -0.4 is 10.2 Å². The molecule has 0 aliphatic carbocycles. The molecular weight excluding hydrogens is 530 g/mol. The van der Waals surface area contributed by atoms with Crippen LogP contribution in [0, 0.1) is 6.92 Å². The van der Waals surface area contributed by atoms with Gasteiger partial charge in [0.2, 0.25) is 0 Å². The topological polar surface area (TPSA) is 114 Å². The lowest BCUT2D eigenvalue weighted by atomic mass is 10.0. The number of nitrogens with one attached hydrogen (secondary N) is 1. The van der Waals surface area contributed by atoms with Crippen molar-refractivity contribution in [2.75, 3.05) is 29.9 Å². The van der Waals surface area contributed by atoms with Crippen LogP contribution in [-0.4, -0.2) is 71.8 Å². The number of piperazine rings is 1. The first-order valence-corrected chi connectivity index (χ1v) is 14.1. The number of carbonyl (C=O) groups is 1. The maximum atomic E-state index is 12.7. The molecule has 11 heteroatoms. The van der Waals surface area contributed by atoms with Gasteiger partial charge < -0.3 is 19.9 Å². The number of carbonyl (C=O) groups excluding carboxylic acids is 1. The Bertz CT molecular complexity index is 1760. The van der Waals surface area contributed by atoms with Gasteiger partial charge >= 0.3 is 6.09 Å². The normalized spacial score (nSPS) is 15.8. The molecule has 6 rings (SSSR count). The number of aryl methyl sites for hydroxylation is 1. The molecule has 4 aromatic heterocycles. The Morgan fingerprint density at radius 2 is 1.90 bits per heavy atom. The summed E-state index contributed by atoms with van der Waals surface area (Å²) in [5.74, 6) is 1.47. The zero-order valence-corrected chi connectivity index (χ0v) is 24.6. The maximum absolute atomic E-state index is 12.7. The van der Waals surface area contributed by atoms with Crippen molar-refractivity contribution in [3.8, 4) is 0 Å². The minimum atomic E-state index is -0.524. The minimum Gasteiger partial charge on any atom is -0.444 e. The van der Waals surface area contributed by atoms with Gasteiger partial charge in [0.15, 0.2) is 11.5 Å². The zero-order chi connectivity index (χ0) is 29.4. The average Bonchev–Trinajstić information content (AvgIpc) is 3.41. The van der Waals surface area contributed by atoms with Crippen LogP contribution in [0.5, 0.6) is 0 Å². The van der Waals surface area contributed by atoms with Gasteiger partial charge in [0.05, 0.1) is 5.52 Å². The highest BCUT2D eigenvalue weighted by Gasteiger charge is 2.31. The summed E-state index contributed by atoms with van der Waals surface area (Å²) in [6, 6.07) is 14.4. The highest BCUT2D eigenvalue weighted by Crippen LogP contribution is 2.27. The molecule has 0 saturated carbocycles. The molecule has 0 spiro atoms. The Labute approximate surface area is 244 Å². The van der Waals surface area contributed by atoms with E-state index in [0.717, 1.165) is 29.1 Å². The van der Waals surface area contributed by atoms with Gasteiger partial charge in [0.1, 0.15) is 29.6 Å². The van der Waals surface area contributed by atoms with Crippen LogP contribution in [-0.2, 0) is 11.2 Å². The van der Waals surface area contributed by atoms with Crippen molar-refractivity contribution in [3.63, 3.8) is 0 Å². The van der Waals surface area contributed by atoms with Crippen LogP contribution >= 0.6 is 0 Å². The van der Waals surface area contributed by atoms with E-state index in [0.29, 0.717) is 31.0 Å². The second kappa shape index (κ2) is 10.9. The van der Waals surface area contributed by atoms with Crippen LogP contribution in [0.1, 0.15) is 44.4 Å². The number of benzene rings is 1. The fourth-order valence-corrected chi connectivity index (χ4v) is 5.25. The summed E-state index contributed by atoms with van der Waals surface area (Å²) in [7, 11) is 0. The number of hydrogen-bond acceptors (Lipinski definition) is 9. The van der Waals surface area contributed by atoms with Crippen molar-refractivity contribution >= 4 is 40.1 Å². The molecule has 11 nitrogen and oxygen atoms in total. The Morgan fingerprint density at radius 1 is 1.05 bits per heavy atom. The monoisotopic (exact) mass is 565 g/mol. The predicted molar refractivity (Wildman–Crippen MR) is 162 cm³/mol. The summed E-state index contributed by atoms with van der Waals surface area (Å²) in [6.45, 7) is 11.7. The number of amides is 1. The Hall–Kier alpha value is -4.80. The minimum absolute atomic E-state index is 0.0181. The van der Waals surface area contributed by atoms with Gasteiger partial charge in [-0.05, 0) is 94.1 Å². The predicted octanol–water partition coefficient (Wildman–Crippen LogP) is 5.16. The van der Waals surface area contributed by atoms with Crippen molar-refractivity contribution in [1.29, 1.82) is 0 Å². The van der Waals surface area contributed by atoms with E-state index in [4.69, 9.17) is 9.72 Å². The van der Waals surface area contributed by atoms with Crippen LogP contribution in [0.4, 0.5) is 22.1 Å². The molecule has 0 unspecified atom stereocenters. The molecular formula is C31H35N9O2. The SMILES string of the molecule is Cc1cc(Nc2ncnc3ccc(N4CCN(C(=O)OC(C)(C)C)[C@H](C)C4)nc23)ccc1Cc1ccn2ncnc2c1. The second-order valence-electron chi connectivity index (χ2n) is 11.8. The first-order valence-electron chi connectivity index (χ1n) is 14.1. The summed E-state index contributed by atoms with van der Waals surface area (Å²) in [6.07, 6.45) is 5.57. The molecule has 0 radical (unpaired) electrons. The molecule has 1 amide bonds. The van der Waals surface area contributed by atoms with Gasteiger partial charge in [-0.1, -0.05) is 6.07 Å². The third kappa shape index (κ3) is 5.81. The fraction of sp³-hybridized carbons (Fsp3) is 0.355. The number of anilines is 3. The summed E-state index contributed by atoms with van der Waals surface area (Å²) in [4.78, 5) is 34.9. The number of pyridine rings is 2. The molecule has 1 fully saturated rings. The van der Waals surface area contributed by atoms with Gasteiger partial charge in [-0.2, -0.15) is 5.10 Å². The molecule has 5 aromatic rings. The standard InChI is InChI=1S/C31H35N9O2/c1-20-14-24(7-6-23(20)15-22-10-11-40-27(16-22)33-19-35-40)36-29-28-25(32-18-34-29)8-9-26(37-28)38-12-13-39(21(2)17-38)30(41)42-31(3,4)5/h6-11,14,16,18-19,21H,12-13,15,17H2,1-5H3,(H,32,34,36)/t21-/m1/s1. The molecule has 1 aliphatic rings. The molecule has 1 aromatic carbocycles. The molecule has 0 bridgehead atoms. The number of fused-ring (bicyclic) bond motifs is 2. The van der Waals surface area contributed by atoms with Gasteiger partial charge in [-0.25, -0.2) is 29.2 Å². The highest BCUT2D eigenvalue weighted by molar-refractivity contribution is 5.88. The third-order valence-corrected chi connectivity index (χ3v) is 7.39. The molecule has 5 heterocycles. The van der Waals surface area contributed by atoms with Crippen molar-refractivity contribution in [2.45, 2.75) is 52.7 Å². The van der Waals surface area contributed by atoms with E-state index >= 15 is 0 Å². The van der Waals surface area contributed by atoms with Gasteiger partial charge in [0, 0.05) is 37.6 Å². The largest absolute Gasteiger partial charge is 0.444 e. The zero-order valence-electron chi connectivity index (χ0n) is 24.6. The molecule has 1 aliphatic heterocycles. The summed E-state index contributed by atoms with van der Waals surface area (Å²) >= 11 is 0. The van der Waals surface area contributed by atoms with E-state index in [1.54, 1.807) is 22.1 Å². The molecule has 1 atom stereocenters. The number of hydrogen-bond donors (Lipinski definition) is 1. The van der Waals surface area contributed by atoms with Gasteiger partial charge in [0.25, 0.3) is 0 Å². The third-order valence-electron chi connectivity index (χ3n) is 7.39. The lowest BCUT2D eigenvalue weighted by molar-refractivity contribution is 0.0158. The summed E-state index contributed by atoms with van der Waals surface area (Å²) < 4.78 is 7.36. The van der Waals surface area contributed by atoms with Crippen molar-refractivity contribution in [1.82, 2.24) is 34.4 Å². The molecule has 1 N–H and O–H groups in total. The Morgan fingerprint density at radius 3 is 2.69 bits per heavy atom. The van der Waals surface area contributed by atoms with E-state index in [1.807, 2.05) is 46.0 Å². The van der Waals surface area contributed by atoms with Crippen molar-refractivity contribution < 1.29 is 9.53 Å². The number of rotatable bonds is 5. The number of nitrogens with zero attached hydrogens (tertiary/aromatic N) is 8. The fourth-order valence-electron chi connectivity index (χ4n) is 5.25. The smallest absolute Gasteiger partial charge is 0.410 e. The van der Waals surface area contributed by atoms with Crippen molar-refractivity contribution in [3.05, 3.63) is 78.0 Å². The van der Waals surface area contributed by atoms with Crippen LogP contribution in [0.15, 0.2) is 61.3 Å². The second-order valence-corrected chi connectivity index (χ2v) is 11.8. The van der Waals surface area contributed by atoms with Crippen molar-refractivity contribution in [2.24, 2.45) is 0 Å². The van der Waals surface area contributed by atoms with E-state index in [9.17, 15) is 4.79 Å². The highest BCUT2D eigenvalue weighted by atomic mass is 16.6. The number of aromatic nitrogens is 6. The Kier molecular flexibility index (Phi) is 7.09.